The molecule has 0 aliphatic heterocycles. The van der Waals surface area contributed by atoms with E-state index in [1.807, 2.05) is 13.8 Å². The summed E-state index contributed by atoms with van der Waals surface area (Å²) in [5.74, 6) is -0.846. The van der Waals surface area contributed by atoms with Crippen molar-refractivity contribution in [2.75, 3.05) is 13.7 Å². The molecule has 0 saturated heterocycles. The van der Waals surface area contributed by atoms with Crippen LogP contribution in [0.4, 0.5) is 4.39 Å². The standard InChI is InChI=1S/C12H17FN2O2/c1-4-12(15-5-2,11(16)17-3)10-7-6-9(13)8-14-10/h6-8,15H,4-5H2,1-3H3. The van der Waals surface area contributed by atoms with E-state index in [-0.39, 0.29) is 0 Å². The smallest absolute Gasteiger partial charge is 0.332 e. The van der Waals surface area contributed by atoms with Crippen LogP contribution in [-0.2, 0) is 15.1 Å². The average Bonchev–Trinajstić information content (AvgIpc) is 2.36. The maximum Gasteiger partial charge on any atom is 0.332 e. The second-order valence-electron chi connectivity index (χ2n) is 3.64. The molecule has 4 nitrogen and oxygen atoms in total. The zero-order chi connectivity index (χ0) is 12.9. The first-order valence-corrected chi connectivity index (χ1v) is 5.56. The van der Waals surface area contributed by atoms with Crippen molar-refractivity contribution in [1.29, 1.82) is 0 Å². The quantitative estimate of drug-likeness (QED) is 0.794. The number of hydrogen-bond acceptors (Lipinski definition) is 4. The fraction of sp³-hybridized carbons (Fsp3) is 0.500. The molecule has 0 spiro atoms. The molecule has 0 aromatic carbocycles. The van der Waals surface area contributed by atoms with E-state index in [0.29, 0.717) is 18.7 Å². The third kappa shape index (κ3) is 2.61. The number of methoxy groups -OCH3 is 1. The number of carbonyl (C=O) groups is 1. The molecule has 1 rings (SSSR count). The van der Waals surface area contributed by atoms with E-state index in [1.165, 1.54) is 19.2 Å². The minimum Gasteiger partial charge on any atom is -0.467 e. The first-order valence-electron chi connectivity index (χ1n) is 5.56. The van der Waals surface area contributed by atoms with Crippen LogP contribution in [0, 0.1) is 5.82 Å². The Hall–Kier alpha value is -1.49. The molecule has 0 aliphatic rings. The number of aromatic nitrogens is 1. The summed E-state index contributed by atoms with van der Waals surface area (Å²) in [6, 6.07) is 2.78. The number of halogens is 1. The maximum atomic E-state index is 12.8. The second kappa shape index (κ2) is 5.72. The number of nitrogens with one attached hydrogen (secondary N) is 1. The number of rotatable bonds is 5. The van der Waals surface area contributed by atoms with Crippen LogP contribution in [0.1, 0.15) is 26.0 Å². The normalized spacial score (nSPS) is 14.1. The van der Waals surface area contributed by atoms with E-state index in [0.717, 1.165) is 6.20 Å². The topological polar surface area (TPSA) is 51.2 Å². The van der Waals surface area contributed by atoms with Crippen molar-refractivity contribution in [3.05, 3.63) is 29.8 Å². The highest BCUT2D eigenvalue weighted by molar-refractivity contribution is 5.81. The van der Waals surface area contributed by atoms with Gasteiger partial charge in [0.25, 0.3) is 0 Å². The van der Waals surface area contributed by atoms with Gasteiger partial charge in [-0.05, 0) is 25.1 Å². The molecule has 0 saturated carbocycles. The van der Waals surface area contributed by atoms with Gasteiger partial charge in [0.15, 0.2) is 5.54 Å². The van der Waals surface area contributed by atoms with E-state index in [9.17, 15) is 9.18 Å². The molecule has 1 unspecified atom stereocenters. The van der Waals surface area contributed by atoms with Crippen LogP contribution in [0.2, 0.25) is 0 Å². The van der Waals surface area contributed by atoms with Crippen molar-refractivity contribution in [2.24, 2.45) is 0 Å². The van der Waals surface area contributed by atoms with Gasteiger partial charge in [0.2, 0.25) is 0 Å². The Bertz CT molecular complexity index is 381. The lowest BCUT2D eigenvalue weighted by atomic mass is 9.91. The number of hydrogen-bond donors (Lipinski definition) is 1. The predicted octanol–water partition coefficient (Wildman–Crippen LogP) is 1.61. The summed E-state index contributed by atoms with van der Waals surface area (Å²) in [5, 5.41) is 3.07. The number of nitrogens with zero attached hydrogens (tertiary/aromatic N) is 1. The van der Waals surface area contributed by atoms with E-state index in [4.69, 9.17) is 4.74 Å². The molecule has 0 amide bonds. The highest BCUT2D eigenvalue weighted by Crippen LogP contribution is 2.24. The number of pyridine rings is 1. The van der Waals surface area contributed by atoms with E-state index >= 15 is 0 Å². The lowest BCUT2D eigenvalue weighted by Gasteiger charge is -2.29. The summed E-state index contributed by atoms with van der Waals surface area (Å²) in [7, 11) is 1.33. The van der Waals surface area contributed by atoms with Crippen LogP contribution in [0.25, 0.3) is 0 Å². The molecule has 1 N–H and O–H groups in total. The van der Waals surface area contributed by atoms with Crippen LogP contribution in [-0.4, -0.2) is 24.6 Å². The third-order valence-electron chi connectivity index (χ3n) is 2.71. The average molecular weight is 240 g/mol. The Balaban J connectivity index is 3.20. The Morgan fingerprint density at radius 3 is 2.65 bits per heavy atom. The second-order valence-corrected chi connectivity index (χ2v) is 3.64. The zero-order valence-corrected chi connectivity index (χ0v) is 10.3. The number of esters is 1. The van der Waals surface area contributed by atoms with Gasteiger partial charge in [0.05, 0.1) is 19.0 Å². The lowest BCUT2D eigenvalue weighted by Crippen LogP contribution is -2.50. The molecule has 0 bridgehead atoms. The van der Waals surface area contributed by atoms with Gasteiger partial charge in [-0.3, -0.25) is 10.3 Å². The Morgan fingerprint density at radius 2 is 2.24 bits per heavy atom. The van der Waals surface area contributed by atoms with Crippen molar-refractivity contribution in [2.45, 2.75) is 25.8 Å². The van der Waals surface area contributed by atoms with Gasteiger partial charge in [0.1, 0.15) is 5.82 Å². The molecular formula is C12H17FN2O2. The largest absolute Gasteiger partial charge is 0.467 e. The molecule has 94 valence electrons. The molecular weight excluding hydrogens is 223 g/mol. The molecule has 1 heterocycles. The molecule has 1 atom stereocenters. The first-order chi connectivity index (χ1) is 8.10. The Morgan fingerprint density at radius 1 is 1.53 bits per heavy atom. The van der Waals surface area contributed by atoms with Gasteiger partial charge in [-0.25, -0.2) is 9.18 Å². The predicted molar refractivity (Wildman–Crippen MR) is 61.9 cm³/mol. The first kappa shape index (κ1) is 13.6. The fourth-order valence-corrected chi connectivity index (χ4v) is 1.82. The van der Waals surface area contributed by atoms with Crippen molar-refractivity contribution >= 4 is 5.97 Å². The van der Waals surface area contributed by atoms with Gasteiger partial charge in [-0.2, -0.15) is 0 Å². The molecule has 17 heavy (non-hydrogen) atoms. The lowest BCUT2D eigenvalue weighted by molar-refractivity contribution is -0.149. The summed E-state index contributed by atoms with van der Waals surface area (Å²) >= 11 is 0. The third-order valence-corrected chi connectivity index (χ3v) is 2.71. The number of ether oxygens (including phenoxy) is 1. The van der Waals surface area contributed by atoms with Gasteiger partial charge >= 0.3 is 5.97 Å². The summed E-state index contributed by atoms with van der Waals surface area (Å²) < 4.78 is 17.7. The summed E-state index contributed by atoms with van der Waals surface area (Å²) in [6.07, 6.45) is 1.58. The Kier molecular flexibility index (Phi) is 4.57. The van der Waals surface area contributed by atoms with Gasteiger partial charge in [0, 0.05) is 0 Å². The molecule has 0 aliphatic carbocycles. The summed E-state index contributed by atoms with van der Waals surface area (Å²) in [5.41, 5.74) is -0.535. The van der Waals surface area contributed by atoms with Crippen LogP contribution in [0.3, 0.4) is 0 Å². The maximum absolute atomic E-state index is 12.8. The van der Waals surface area contributed by atoms with E-state index in [2.05, 4.69) is 10.3 Å². The van der Waals surface area contributed by atoms with Crippen molar-refractivity contribution in [3.8, 4) is 0 Å². The van der Waals surface area contributed by atoms with Crippen LogP contribution in [0.5, 0.6) is 0 Å². The van der Waals surface area contributed by atoms with Crippen molar-refractivity contribution in [3.63, 3.8) is 0 Å². The summed E-state index contributed by atoms with van der Waals surface area (Å²) in [6.45, 7) is 4.32. The Labute approximate surface area is 100 Å². The molecule has 0 radical (unpaired) electrons. The van der Waals surface area contributed by atoms with Crippen LogP contribution < -0.4 is 5.32 Å². The molecule has 1 aromatic heterocycles. The fourth-order valence-electron chi connectivity index (χ4n) is 1.82. The van der Waals surface area contributed by atoms with Crippen molar-refractivity contribution in [1.82, 2.24) is 10.3 Å². The minimum absolute atomic E-state index is 0.416. The van der Waals surface area contributed by atoms with Crippen LogP contribution >= 0.6 is 0 Å². The zero-order valence-electron chi connectivity index (χ0n) is 10.3. The number of carbonyl (C=O) groups excluding carboxylic acids is 1. The van der Waals surface area contributed by atoms with Gasteiger partial charge < -0.3 is 4.74 Å². The van der Waals surface area contributed by atoms with E-state index in [1.54, 1.807) is 0 Å². The van der Waals surface area contributed by atoms with E-state index < -0.39 is 17.3 Å². The molecule has 1 aromatic rings. The highest BCUT2D eigenvalue weighted by Gasteiger charge is 2.40. The van der Waals surface area contributed by atoms with Crippen molar-refractivity contribution < 1.29 is 13.9 Å². The highest BCUT2D eigenvalue weighted by atomic mass is 19.1. The minimum atomic E-state index is -1.00. The molecule has 0 fully saturated rings. The monoisotopic (exact) mass is 240 g/mol. The summed E-state index contributed by atoms with van der Waals surface area (Å²) in [4.78, 5) is 15.9. The van der Waals surface area contributed by atoms with Crippen LogP contribution in [0.15, 0.2) is 18.3 Å². The van der Waals surface area contributed by atoms with Gasteiger partial charge in [-0.1, -0.05) is 13.8 Å². The van der Waals surface area contributed by atoms with Gasteiger partial charge in [-0.15, -0.1) is 0 Å². The molecule has 5 heteroatoms. The number of likely N-dealkylation sites (N-methyl/N-ethyl adjacent to an activating group) is 1. The SMILES string of the molecule is CCNC(CC)(C(=O)OC)c1ccc(F)cn1.